The van der Waals surface area contributed by atoms with Crippen molar-refractivity contribution >= 4 is 16.9 Å². The number of para-hydroxylation sites is 1. The van der Waals surface area contributed by atoms with Gasteiger partial charge in [0.1, 0.15) is 5.75 Å². The highest BCUT2D eigenvalue weighted by atomic mass is 16.5. The van der Waals surface area contributed by atoms with Gasteiger partial charge in [-0.1, -0.05) is 18.2 Å². The van der Waals surface area contributed by atoms with Crippen LogP contribution in [0.1, 0.15) is 28.8 Å². The molecule has 0 bridgehead atoms. The summed E-state index contributed by atoms with van der Waals surface area (Å²) in [6.07, 6.45) is 1.63. The van der Waals surface area contributed by atoms with Gasteiger partial charge in [0.05, 0.1) is 24.0 Å². The molecule has 3 aromatic rings. The molecular weight excluding hydrogens is 290 g/mol. The van der Waals surface area contributed by atoms with E-state index in [9.17, 15) is 4.79 Å². The predicted octanol–water partition coefficient (Wildman–Crippen LogP) is 2.86. The number of H-pyrrole nitrogens is 1. The maximum atomic E-state index is 12.5. The van der Waals surface area contributed by atoms with Gasteiger partial charge in [0.25, 0.3) is 5.91 Å². The van der Waals surface area contributed by atoms with Gasteiger partial charge in [-0.2, -0.15) is 0 Å². The highest BCUT2D eigenvalue weighted by molar-refractivity contribution is 5.97. The third-order valence-corrected chi connectivity index (χ3v) is 4.38. The zero-order chi connectivity index (χ0) is 15.8. The lowest BCUT2D eigenvalue weighted by atomic mass is 9.94. The number of hydrogen-bond donors (Lipinski definition) is 2. The summed E-state index contributed by atoms with van der Waals surface area (Å²) in [5, 5.41) is 3.08. The fraction of sp³-hybridized carbons (Fsp3) is 0.222. The Kier molecular flexibility index (Phi) is 3.26. The Hall–Kier alpha value is -2.82. The zero-order valence-corrected chi connectivity index (χ0v) is 12.7. The van der Waals surface area contributed by atoms with E-state index in [0.717, 1.165) is 22.3 Å². The Morgan fingerprint density at radius 1 is 1.35 bits per heavy atom. The van der Waals surface area contributed by atoms with E-state index in [1.165, 1.54) is 0 Å². The molecule has 5 heteroatoms. The molecular formula is C18H17N3O2. The summed E-state index contributed by atoms with van der Waals surface area (Å²) in [6.45, 7) is 2.61. The third kappa shape index (κ3) is 2.44. The standard InChI is InChI=1S/C18H17N3O2/c1-11(14-9-23-17-5-3-2-4-13(14)17)21-18(22)12-6-7-15-16(8-12)20-10-19-15/h2-8,10-11,14H,9H2,1H3,(H,19,20)(H,21,22)/t11-,14+/m0/s1. The monoisotopic (exact) mass is 307 g/mol. The summed E-state index contributed by atoms with van der Waals surface area (Å²) >= 11 is 0. The van der Waals surface area contributed by atoms with Gasteiger partial charge in [-0.05, 0) is 31.2 Å². The highest BCUT2D eigenvalue weighted by Crippen LogP contribution is 2.35. The molecule has 0 saturated heterocycles. The van der Waals surface area contributed by atoms with Crippen molar-refractivity contribution in [1.82, 2.24) is 15.3 Å². The lowest BCUT2D eigenvalue weighted by molar-refractivity contribution is 0.0932. The van der Waals surface area contributed by atoms with Crippen LogP contribution in [0.4, 0.5) is 0 Å². The Labute approximate surface area is 133 Å². The molecule has 5 nitrogen and oxygen atoms in total. The number of amides is 1. The van der Waals surface area contributed by atoms with Crippen LogP contribution in [-0.2, 0) is 0 Å². The van der Waals surface area contributed by atoms with Gasteiger partial charge < -0.3 is 15.0 Å². The smallest absolute Gasteiger partial charge is 0.251 e. The third-order valence-electron chi connectivity index (χ3n) is 4.38. The van der Waals surface area contributed by atoms with Crippen LogP contribution in [0.15, 0.2) is 48.8 Å². The number of benzene rings is 2. The Morgan fingerprint density at radius 3 is 3.13 bits per heavy atom. The van der Waals surface area contributed by atoms with Crippen LogP contribution in [0.25, 0.3) is 11.0 Å². The summed E-state index contributed by atoms with van der Waals surface area (Å²) in [4.78, 5) is 19.7. The number of fused-ring (bicyclic) bond motifs is 2. The summed E-state index contributed by atoms with van der Waals surface area (Å²) < 4.78 is 5.70. The molecule has 0 aliphatic carbocycles. The van der Waals surface area contributed by atoms with Crippen molar-refractivity contribution in [3.63, 3.8) is 0 Å². The maximum Gasteiger partial charge on any atom is 0.251 e. The van der Waals surface area contributed by atoms with Crippen LogP contribution >= 0.6 is 0 Å². The van der Waals surface area contributed by atoms with Crippen molar-refractivity contribution in [2.75, 3.05) is 6.61 Å². The summed E-state index contributed by atoms with van der Waals surface area (Å²) in [6, 6.07) is 13.4. The van der Waals surface area contributed by atoms with Gasteiger partial charge in [0, 0.05) is 23.1 Å². The number of nitrogens with zero attached hydrogens (tertiary/aromatic N) is 1. The van der Waals surface area contributed by atoms with E-state index in [1.54, 1.807) is 12.4 Å². The zero-order valence-electron chi connectivity index (χ0n) is 12.7. The van der Waals surface area contributed by atoms with E-state index in [2.05, 4.69) is 21.4 Å². The average molecular weight is 307 g/mol. The quantitative estimate of drug-likeness (QED) is 0.782. The van der Waals surface area contributed by atoms with Crippen LogP contribution in [0.2, 0.25) is 0 Å². The van der Waals surface area contributed by atoms with E-state index in [4.69, 9.17) is 4.74 Å². The van der Waals surface area contributed by atoms with Gasteiger partial charge >= 0.3 is 0 Å². The second kappa shape index (κ2) is 5.43. The Bertz CT molecular complexity index is 871. The highest BCUT2D eigenvalue weighted by Gasteiger charge is 2.29. The Morgan fingerprint density at radius 2 is 2.22 bits per heavy atom. The van der Waals surface area contributed by atoms with Gasteiger partial charge in [-0.3, -0.25) is 4.79 Å². The van der Waals surface area contributed by atoms with Crippen molar-refractivity contribution in [3.8, 4) is 5.75 Å². The first-order valence-corrected chi connectivity index (χ1v) is 7.68. The molecule has 2 atom stereocenters. The van der Waals surface area contributed by atoms with Crippen LogP contribution in [0.5, 0.6) is 5.75 Å². The lowest BCUT2D eigenvalue weighted by Crippen LogP contribution is -2.37. The molecule has 4 rings (SSSR count). The number of nitrogens with one attached hydrogen (secondary N) is 2. The van der Waals surface area contributed by atoms with Crippen molar-refractivity contribution in [2.24, 2.45) is 0 Å². The van der Waals surface area contributed by atoms with Gasteiger partial charge in [0.2, 0.25) is 0 Å². The fourth-order valence-electron chi connectivity index (χ4n) is 3.07. The second-order valence-electron chi connectivity index (χ2n) is 5.85. The molecule has 1 aliphatic rings. The molecule has 1 amide bonds. The van der Waals surface area contributed by atoms with Gasteiger partial charge in [0.15, 0.2) is 0 Å². The molecule has 1 aromatic heterocycles. The molecule has 0 saturated carbocycles. The molecule has 116 valence electrons. The largest absolute Gasteiger partial charge is 0.493 e. The minimum absolute atomic E-state index is 0.0105. The number of carbonyl (C=O) groups is 1. The molecule has 0 unspecified atom stereocenters. The van der Waals surface area contributed by atoms with Crippen molar-refractivity contribution < 1.29 is 9.53 Å². The first-order chi connectivity index (χ1) is 11.2. The first kappa shape index (κ1) is 13.8. The topological polar surface area (TPSA) is 67.0 Å². The summed E-state index contributed by atoms with van der Waals surface area (Å²) in [5.41, 5.74) is 3.50. The number of rotatable bonds is 3. The number of aromatic nitrogens is 2. The van der Waals surface area contributed by atoms with Crippen LogP contribution in [0.3, 0.4) is 0 Å². The minimum atomic E-state index is -0.0848. The van der Waals surface area contributed by atoms with Crippen LogP contribution < -0.4 is 10.1 Å². The molecule has 1 aliphatic heterocycles. The molecule has 2 heterocycles. The maximum absolute atomic E-state index is 12.5. The van der Waals surface area contributed by atoms with E-state index in [0.29, 0.717) is 12.2 Å². The summed E-state index contributed by atoms with van der Waals surface area (Å²) in [7, 11) is 0. The van der Waals surface area contributed by atoms with E-state index >= 15 is 0 Å². The number of carbonyl (C=O) groups excluding carboxylic acids is 1. The first-order valence-electron chi connectivity index (χ1n) is 7.68. The van der Waals surface area contributed by atoms with Crippen molar-refractivity contribution in [3.05, 3.63) is 59.9 Å². The average Bonchev–Trinajstić information content (AvgIpc) is 3.20. The number of imidazole rings is 1. The number of aromatic amines is 1. The normalized spacial score (nSPS) is 17.5. The fourth-order valence-corrected chi connectivity index (χ4v) is 3.07. The van der Waals surface area contributed by atoms with Crippen molar-refractivity contribution in [1.29, 1.82) is 0 Å². The molecule has 0 fully saturated rings. The summed E-state index contributed by atoms with van der Waals surface area (Å²) in [5.74, 6) is 1.00. The van der Waals surface area contributed by atoms with Crippen LogP contribution in [0, 0.1) is 0 Å². The van der Waals surface area contributed by atoms with Gasteiger partial charge in [-0.15, -0.1) is 0 Å². The minimum Gasteiger partial charge on any atom is -0.493 e. The van der Waals surface area contributed by atoms with Crippen LogP contribution in [-0.4, -0.2) is 28.5 Å². The molecule has 2 N–H and O–H groups in total. The SMILES string of the molecule is C[C@H](NC(=O)c1ccc2nc[nH]c2c1)[C@H]1COc2ccccc21. The predicted molar refractivity (Wildman–Crippen MR) is 87.7 cm³/mol. The second-order valence-corrected chi connectivity index (χ2v) is 5.85. The van der Waals surface area contributed by atoms with E-state index < -0.39 is 0 Å². The van der Waals surface area contributed by atoms with E-state index in [-0.39, 0.29) is 17.9 Å². The number of ether oxygens (including phenoxy) is 1. The molecule has 23 heavy (non-hydrogen) atoms. The van der Waals surface area contributed by atoms with Gasteiger partial charge in [-0.25, -0.2) is 4.98 Å². The van der Waals surface area contributed by atoms with Crippen molar-refractivity contribution in [2.45, 2.75) is 18.9 Å². The number of hydrogen-bond acceptors (Lipinski definition) is 3. The molecule has 0 spiro atoms. The van der Waals surface area contributed by atoms with E-state index in [1.807, 2.05) is 37.3 Å². The Balaban J connectivity index is 1.52. The molecule has 0 radical (unpaired) electrons. The molecule has 2 aromatic carbocycles. The lowest BCUT2D eigenvalue weighted by Gasteiger charge is -2.20.